The predicted molar refractivity (Wildman–Crippen MR) is 83.7 cm³/mol. The molecule has 4 nitrogen and oxygen atoms in total. The van der Waals surface area contributed by atoms with Crippen LogP contribution in [0.5, 0.6) is 0 Å². The van der Waals surface area contributed by atoms with E-state index in [1.807, 2.05) is 0 Å². The monoisotopic (exact) mass is 307 g/mol. The van der Waals surface area contributed by atoms with Crippen LogP contribution in [0, 0.1) is 29.1 Å². The number of benzene rings is 1. The number of Topliss-reactive ketones (excluding diaryl/α,β-unsaturated/α-hetero) is 1. The van der Waals surface area contributed by atoms with E-state index < -0.39 is 0 Å². The van der Waals surface area contributed by atoms with Gasteiger partial charge in [-0.15, -0.1) is 0 Å². The first kappa shape index (κ1) is 13.2. The Morgan fingerprint density at radius 1 is 1.00 bits per heavy atom. The van der Waals surface area contributed by atoms with Gasteiger partial charge in [-0.05, 0) is 61.3 Å². The molecule has 0 N–H and O–H groups in total. The number of carbonyl (C=O) groups excluding carboxylic acids is 3. The SMILES string of the molecule is CC(=O)c1ccc(N2C(=O)[C@H]3[C@H](C2=O)[C@@H]2C=C[C@H]3C23CC3)cc1. The smallest absolute Gasteiger partial charge is 0.238 e. The summed E-state index contributed by atoms with van der Waals surface area (Å²) >= 11 is 0. The highest BCUT2D eigenvalue weighted by atomic mass is 16.2. The van der Waals surface area contributed by atoms with Crippen LogP contribution >= 0.6 is 0 Å². The lowest BCUT2D eigenvalue weighted by Crippen LogP contribution is -2.34. The van der Waals surface area contributed by atoms with Crippen molar-refractivity contribution in [2.45, 2.75) is 19.8 Å². The van der Waals surface area contributed by atoms with Gasteiger partial charge in [-0.2, -0.15) is 0 Å². The van der Waals surface area contributed by atoms with Gasteiger partial charge in [0, 0.05) is 5.56 Å². The molecule has 0 unspecified atom stereocenters. The number of rotatable bonds is 2. The predicted octanol–water partition coefficient (Wildman–Crippen LogP) is 2.59. The normalized spacial score (nSPS) is 35.3. The van der Waals surface area contributed by atoms with Crippen molar-refractivity contribution >= 4 is 23.3 Å². The summed E-state index contributed by atoms with van der Waals surface area (Å²) in [5, 5.41) is 0. The topological polar surface area (TPSA) is 54.5 Å². The van der Waals surface area contributed by atoms with Crippen LogP contribution in [0.25, 0.3) is 0 Å². The molecule has 3 aliphatic carbocycles. The molecule has 1 spiro atoms. The van der Waals surface area contributed by atoms with Crippen molar-refractivity contribution in [1.29, 1.82) is 0 Å². The van der Waals surface area contributed by atoms with Crippen LogP contribution in [0.15, 0.2) is 36.4 Å². The van der Waals surface area contributed by atoms with Gasteiger partial charge in [-0.3, -0.25) is 19.3 Å². The summed E-state index contributed by atoms with van der Waals surface area (Å²) in [5.74, 6) is 0.00802. The maximum absolute atomic E-state index is 12.9. The van der Waals surface area contributed by atoms with Gasteiger partial charge < -0.3 is 0 Å². The second-order valence-electron chi connectivity index (χ2n) is 7.34. The van der Waals surface area contributed by atoms with Crippen LogP contribution in [0.4, 0.5) is 5.69 Å². The number of imide groups is 1. The van der Waals surface area contributed by atoms with Crippen LogP contribution in [0.2, 0.25) is 0 Å². The van der Waals surface area contributed by atoms with Gasteiger partial charge in [0.2, 0.25) is 11.8 Å². The molecule has 0 aromatic heterocycles. The molecule has 23 heavy (non-hydrogen) atoms. The first-order valence-corrected chi connectivity index (χ1v) is 8.22. The van der Waals surface area contributed by atoms with Crippen LogP contribution in [-0.4, -0.2) is 17.6 Å². The second-order valence-corrected chi connectivity index (χ2v) is 7.34. The maximum atomic E-state index is 12.9. The highest BCUT2D eigenvalue weighted by molar-refractivity contribution is 6.23. The fraction of sp³-hybridized carbons (Fsp3) is 0.421. The zero-order valence-corrected chi connectivity index (χ0v) is 12.9. The second kappa shape index (κ2) is 3.99. The molecule has 2 amide bonds. The Kier molecular flexibility index (Phi) is 2.30. The average Bonchev–Trinajstić information content (AvgIpc) is 3.13. The fourth-order valence-electron chi connectivity index (χ4n) is 5.18. The van der Waals surface area contributed by atoms with Crippen molar-refractivity contribution in [3.05, 3.63) is 42.0 Å². The number of nitrogens with zero attached hydrogens (tertiary/aromatic N) is 1. The van der Waals surface area contributed by atoms with Crippen molar-refractivity contribution in [2.75, 3.05) is 4.90 Å². The van der Waals surface area contributed by atoms with Gasteiger partial charge in [0.1, 0.15) is 0 Å². The number of hydrogen-bond donors (Lipinski definition) is 0. The number of carbonyl (C=O) groups is 3. The van der Waals surface area contributed by atoms with Crippen LogP contribution < -0.4 is 4.90 Å². The molecule has 3 fully saturated rings. The summed E-state index contributed by atoms with van der Waals surface area (Å²) in [6.45, 7) is 1.50. The molecular formula is C19H17NO3. The third-order valence-corrected chi connectivity index (χ3v) is 6.38. The molecule has 2 bridgehead atoms. The molecule has 116 valence electrons. The molecule has 1 aromatic carbocycles. The number of fused-ring (bicyclic) bond motifs is 3. The Labute approximate surface area is 134 Å². The Morgan fingerprint density at radius 3 is 1.96 bits per heavy atom. The summed E-state index contributed by atoms with van der Waals surface area (Å²) in [6.07, 6.45) is 6.64. The molecule has 0 radical (unpaired) electrons. The van der Waals surface area contributed by atoms with E-state index in [1.165, 1.54) is 11.8 Å². The summed E-state index contributed by atoms with van der Waals surface area (Å²) < 4.78 is 0. The summed E-state index contributed by atoms with van der Waals surface area (Å²) in [4.78, 5) is 38.6. The Hall–Kier alpha value is -2.23. The average molecular weight is 307 g/mol. The van der Waals surface area contributed by atoms with Gasteiger partial charge in [0.25, 0.3) is 0 Å². The molecule has 1 aromatic rings. The van der Waals surface area contributed by atoms with Gasteiger partial charge in [0.15, 0.2) is 5.78 Å². The van der Waals surface area contributed by atoms with Crippen LogP contribution in [-0.2, 0) is 9.59 Å². The van der Waals surface area contributed by atoms with E-state index in [1.54, 1.807) is 24.3 Å². The molecule has 4 aliphatic rings. The minimum absolute atomic E-state index is 0.0228. The Morgan fingerprint density at radius 2 is 1.52 bits per heavy atom. The van der Waals surface area contributed by atoms with E-state index in [9.17, 15) is 14.4 Å². The standard InChI is InChI=1S/C19H17NO3/c1-10(21)11-2-4-12(5-3-11)20-17(22)15-13-6-7-14(16(15)18(20)23)19(13)8-9-19/h2-7,13-16H,8-9H2,1H3/t13-,14+,15-,16-/m1/s1. The zero-order valence-electron chi connectivity index (χ0n) is 12.9. The molecule has 1 saturated heterocycles. The summed E-state index contributed by atoms with van der Waals surface area (Å²) in [6, 6.07) is 6.77. The lowest BCUT2D eigenvalue weighted by Gasteiger charge is -2.21. The lowest BCUT2D eigenvalue weighted by molar-refractivity contribution is -0.123. The molecule has 1 aliphatic heterocycles. The Bertz CT molecular complexity index is 753. The highest BCUT2D eigenvalue weighted by Crippen LogP contribution is 2.73. The maximum Gasteiger partial charge on any atom is 0.238 e. The van der Waals surface area contributed by atoms with E-state index in [0.29, 0.717) is 11.3 Å². The number of ketones is 1. The minimum atomic E-state index is -0.174. The summed E-state index contributed by atoms with van der Waals surface area (Å²) in [5.41, 5.74) is 1.40. The molecular weight excluding hydrogens is 290 g/mol. The van der Waals surface area contributed by atoms with Gasteiger partial charge in [0.05, 0.1) is 17.5 Å². The van der Waals surface area contributed by atoms with Crippen LogP contribution in [0.3, 0.4) is 0 Å². The minimum Gasteiger partial charge on any atom is -0.295 e. The zero-order chi connectivity index (χ0) is 15.9. The molecule has 4 atom stereocenters. The van der Waals surface area contributed by atoms with E-state index in [2.05, 4.69) is 12.2 Å². The van der Waals surface area contributed by atoms with E-state index in [4.69, 9.17) is 0 Å². The Balaban J connectivity index is 1.52. The van der Waals surface area contributed by atoms with Crippen molar-refractivity contribution in [2.24, 2.45) is 29.1 Å². The van der Waals surface area contributed by atoms with E-state index in [0.717, 1.165) is 12.8 Å². The number of allylic oxidation sites excluding steroid dienone is 2. The third-order valence-electron chi connectivity index (χ3n) is 6.38. The van der Waals surface area contributed by atoms with Crippen molar-refractivity contribution in [3.63, 3.8) is 0 Å². The number of hydrogen-bond acceptors (Lipinski definition) is 3. The van der Waals surface area contributed by atoms with Crippen LogP contribution in [0.1, 0.15) is 30.1 Å². The van der Waals surface area contributed by atoms with E-state index >= 15 is 0 Å². The number of amides is 2. The van der Waals surface area contributed by atoms with Gasteiger partial charge in [-0.25, -0.2) is 0 Å². The third kappa shape index (κ3) is 1.44. The first-order valence-electron chi connectivity index (χ1n) is 8.22. The molecule has 2 saturated carbocycles. The number of anilines is 1. The highest BCUT2D eigenvalue weighted by Gasteiger charge is 2.73. The van der Waals surface area contributed by atoms with Gasteiger partial charge >= 0.3 is 0 Å². The summed E-state index contributed by atoms with van der Waals surface area (Å²) in [7, 11) is 0. The van der Waals surface area contributed by atoms with Crippen molar-refractivity contribution in [1.82, 2.24) is 0 Å². The van der Waals surface area contributed by atoms with Crippen molar-refractivity contribution in [3.8, 4) is 0 Å². The molecule has 4 heteroatoms. The largest absolute Gasteiger partial charge is 0.295 e. The van der Waals surface area contributed by atoms with Gasteiger partial charge in [-0.1, -0.05) is 12.2 Å². The van der Waals surface area contributed by atoms with E-state index in [-0.39, 0.29) is 46.7 Å². The first-order chi connectivity index (χ1) is 11.0. The molecule has 5 rings (SSSR count). The van der Waals surface area contributed by atoms with Crippen molar-refractivity contribution < 1.29 is 14.4 Å². The molecule has 1 heterocycles. The lowest BCUT2D eigenvalue weighted by atomic mass is 9.85. The quantitative estimate of drug-likeness (QED) is 0.479. The fourth-order valence-corrected chi connectivity index (χ4v) is 5.18.